The van der Waals surface area contributed by atoms with E-state index < -0.39 is 41.7 Å². The molecule has 1 heterocycles. The molecule has 6 nitrogen and oxygen atoms in total. The predicted octanol–water partition coefficient (Wildman–Crippen LogP) is 2.02. The minimum atomic E-state index is -4.81. The molecule has 2 aromatic carbocycles. The van der Waals surface area contributed by atoms with Gasteiger partial charge in [-0.2, -0.15) is 18.4 Å². The van der Waals surface area contributed by atoms with Crippen molar-refractivity contribution in [1.29, 1.82) is 5.26 Å². The molecule has 28 heavy (non-hydrogen) atoms. The van der Waals surface area contributed by atoms with E-state index >= 15 is 0 Å². The summed E-state index contributed by atoms with van der Waals surface area (Å²) in [6, 6.07) is 12.4. The van der Waals surface area contributed by atoms with Crippen LogP contribution in [0.3, 0.4) is 0 Å². The van der Waals surface area contributed by atoms with E-state index in [-0.39, 0.29) is 5.69 Å². The maximum Gasteiger partial charge on any atom is 0.417 e. The number of amides is 1. The molecule has 0 saturated carbocycles. The van der Waals surface area contributed by atoms with Crippen molar-refractivity contribution < 1.29 is 28.2 Å². The molecule has 0 bridgehead atoms. The zero-order valence-corrected chi connectivity index (χ0v) is 14.7. The van der Waals surface area contributed by atoms with Crippen LogP contribution in [0, 0.1) is 11.3 Å². The maximum absolute atomic E-state index is 13.3. The van der Waals surface area contributed by atoms with Crippen molar-refractivity contribution >= 4 is 11.6 Å². The molecule has 2 atom stereocenters. The Kier molecular flexibility index (Phi) is 4.89. The third-order valence-corrected chi connectivity index (χ3v) is 4.94. The summed E-state index contributed by atoms with van der Waals surface area (Å²) >= 11 is 0. The van der Waals surface area contributed by atoms with Crippen molar-refractivity contribution in [2.24, 2.45) is 0 Å². The number of carbonyl (C=O) groups is 1. The van der Waals surface area contributed by atoms with Crippen LogP contribution in [0.4, 0.5) is 18.9 Å². The first-order valence-electron chi connectivity index (χ1n) is 8.21. The van der Waals surface area contributed by atoms with Crippen molar-refractivity contribution in [3.8, 4) is 6.07 Å². The van der Waals surface area contributed by atoms with Gasteiger partial charge in [-0.1, -0.05) is 30.3 Å². The highest BCUT2D eigenvalue weighted by Gasteiger charge is 2.57. The highest BCUT2D eigenvalue weighted by atomic mass is 19.4. The van der Waals surface area contributed by atoms with Gasteiger partial charge in [-0.15, -0.1) is 0 Å². The molecule has 1 saturated heterocycles. The van der Waals surface area contributed by atoms with Gasteiger partial charge in [0.2, 0.25) is 0 Å². The molecule has 0 spiro atoms. The van der Waals surface area contributed by atoms with E-state index in [1.54, 1.807) is 30.3 Å². The predicted molar refractivity (Wildman–Crippen MR) is 92.6 cm³/mol. The van der Waals surface area contributed by atoms with Crippen molar-refractivity contribution in [2.75, 3.05) is 18.6 Å². The average molecular weight is 391 g/mol. The van der Waals surface area contributed by atoms with Gasteiger partial charge >= 0.3 is 6.18 Å². The van der Waals surface area contributed by atoms with Crippen molar-refractivity contribution in [2.45, 2.75) is 18.1 Å². The van der Waals surface area contributed by atoms with Crippen LogP contribution in [0.25, 0.3) is 0 Å². The molecule has 1 aliphatic heterocycles. The van der Waals surface area contributed by atoms with Crippen LogP contribution in [0.5, 0.6) is 0 Å². The molecule has 1 amide bonds. The van der Waals surface area contributed by atoms with Gasteiger partial charge < -0.3 is 10.2 Å². The molecule has 146 valence electrons. The minimum absolute atomic E-state index is 0.234. The van der Waals surface area contributed by atoms with Crippen LogP contribution in [-0.4, -0.2) is 41.0 Å². The quantitative estimate of drug-likeness (QED) is 0.836. The fraction of sp³-hybridized carbons (Fsp3) is 0.263. The number of aliphatic hydroxyl groups excluding tert-OH is 2. The lowest BCUT2D eigenvalue weighted by atomic mass is 9.89. The summed E-state index contributed by atoms with van der Waals surface area (Å²) in [6.45, 7) is -0.692. The summed E-state index contributed by atoms with van der Waals surface area (Å²) in [4.78, 5) is 15.2. The van der Waals surface area contributed by atoms with Gasteiger partial charge in [0, 0.05) is 5.69 Å². The monoisotopic (exact) mass is 391 g/mol. The second kappa shape index (κ2) is 6.91. The lowest BCUT2D eigenvalue weighted by Gasteiger charge is -2.32. The Morgan fingerprint density at radius 1 is 1.21 bits per heavy atom. The Hall–Kier alpha value is -2.93. The molecular formula is C19H16F3N3O3. The van der Waals surface area contributed by atoms with Crippen LogP contribution in [0.2, 0.25) is 0 Å². The fourth-order valence-electron chi connectivity index (χ4n) is 3.40. The number of hydrogen-bond acceptors (Lipinski definition) is 5. The zero-order chi connectivity index (χ0) is 20.7. The van der Waals surface area contributed by atoms with Gasteiger partial charge in [0.05, 0.1) is 23.8 Å². The molecule has 0 aliphatic carbocycles. The first-order valence-corrected chi connectivity index (χ1v) is 8.21. The van der Waals surface area contributed by atoms with Crippen molar-refractivity contribution in [3.63, 3.8) is 0 Å². The molecule has 9 heteroatoms. The van der Waals surface area contributed by atoms with E-state index in [1.807, 2.05) is 0 Å². The van der Waals surface area contributed by atoms with E-state index in [0.717, 1.165) is 17.0 Å². The van der Waals surface area contributed by atoms with Crippen LogP contribution in [-0.2, 0) is 16.5 Å². The molecule has 1 aliphatic rings. The summed E-state index contributed by atoms with van der Waals surface area (Å²) in [5.41, 5.74) is -3.32. The SMILES string of the molecule is CN1C(O)N(c2ccc(C#N)c(C(F)(F)F)c2)C(=O)[C@]1(CO)c1ccccc1. The number of hydrogen-bond donors (Lipinski definition) is 2. The zero-order valence-electron chi connectivity index (χ0n) is 14.7. The molecule has 0 radical (unpaired) electrons. The number of anilines is 1. The number of benzene rings is 2. The number of rotatable bonds is 3. The Labute approximate surface area is 158 Å². The van der Waals surface area contributed by atoms with Gasteiger partial charge in [0.1, 0.15) is 0 Å². The maximum atomic E-state index is 13.3. The third-order valence-electron chi connectivity index (χ3n) is 4.94. The van der Waals surface area contributed by atoms with Crippen molar-refractivity contribution in [1.82, 2.24) is 4.90 Å². The molecule has 2 N–H and O–H groups in total. The first-order chi connectivity index (χ1) is 13.2. The second-order valence-corrected chi connectivity index (χ2v) is 6.36. The Balaban J connectivity index is 2.15. The van der Waals surface area contributed by atoms with Gasteiger partial charge in [0.25, 0.3) is 5.91 Å². The number of nitrogens with zero attached hydrogens (tertiary/aromatic N) is 3. The van der Waals surface area contributed by atoms with E-state index in [0.29, 0.717) is 11.6 Å². The Morgan fingerprint density at radius 3 is 2.39 bits per heavy atom. The highest BCUT2D eigenvalue weighted by Crippen LogP contribution is 2.41. The standard InChI is InChI=1S/C19H16F3N3O3/c1-24-17(28)25(14-8-7-12(10-23)15(9-14)19(20,21)22)16(27)18(24,11-26)13-5-3-2-4-6-13/h2-9,17,26,28H,11H2,1H3/t17?,18-/m0/s1. The topological polar surface area (TPSA) is 87.8 Å². The van der Waals surface area contributed by atoms with E-state index in [1.165, 1.54) is 18.0 Å². The summed E-state index contributed by atoms with van der Waals surface area (Å²) in [7, 11) is 1.39. The number of likely N-dealkylation sites (N-methyl/N-ethyl adjacent to an activating group) is 1. The Morgan fingerprint density at radius 2 is 1.86 bits per heavy atom. The van der Waals surface area contributed by atoms with Crippen LogP contribution >= 0.6 is 0 Å². The molecular weight excluding hydrogens is 375 g/mol. The number of alkyl halides is 3. The van der Waals surface area contributed by atoms with E-state index in [2.05, 4.69) is 0 Å². The lowest BCUT2D eigenvalue weighted by molar-refractivity contribution is -0.137. The molecule has 2 aromatic rings. The number of nitriles is 1. The van der Waals surface area contributed by atoms with Crippen LogP contribution in [0.1, 0.15) is 16.7 Å². The third kappa shape index (κ3) is 2.82. The summed E-state index contributed by atoms with van der Waals surface area (Å²) < 4.78 is 39.9. The molecule has 0 aromatic heterocycles. The largest absolute Gasteiger partial charge is 0.417 e. The van der Waals surface area contributed by atoms with Crippen LogP contribution in [0.15, 0.2) is 48.5 Å². The van der Waals surface area contributed by atoms with Gasteiger partial charge in [-0.25, -0.2) is 4.90 Å². The molecule has 1 fully saturated rings. The minimum Gasteiger partial charge on any atom is -0.394 e. The smallest absolute Gasteiger partial charge is 0.394 e. The summed E-state index contributed by atoms with van der Waals surface area (Å²) in [5.74, 6) is -0.783. The number of carbonyl (C=O) groups excluding carboxylic acids is 1. The number of halogens is 3. The average Bonchev–Trinajstić information content (AvgIpc) is 2.87. The first kappa shape index (κ1) is 19.8. The van der Waals surface area contributed by atoms with Crippen LogP contribution < -0.4 is 4.90 Å². The van der Waals surface area contributed by atoms with E-state index in [4.69, 9.17) is 5.26 Å². The normalized spacial score (nSPS) is 23.1. The van der Waals surface area contributed by atoms with Gasteiger partial charge in [0.15, 0.2) is 11.9 Å². The Bertz CT molecular complexity index is 943. The van der Waals surface area contributed by atoms with Crippen molar-refractivity contribution in [3.05, 3.63) is 65.2 Å². The van der Waals surface area contributed by atoms with E-state index in [9.17, 15) is 28.2 Å². The molecule has 3 rings (SSSR count). The lowest BCUT2D eigenvalue weighted by Crippen LogP contribution is -2.48. The number of aliphatic hydroxyl groups is 2. The highest BCUT2D eigenvalue weighted by molar-refractivity contribution is 6.03. The fourth-order valence-corrected chi connectivity index (χ4v) is 3.40. The summed E-state index contributed by atoms with van der Waals surface area (Å²) in [6.07, 6.45) is -6.43. The van der Waals surface area contributed by atoms with Gasteiger partial charge in [-0.3, -0.25) is 9.69 Å². The second-order valence-electron chi connectivity index (χ2n) is 6.36. The summed E-state index contributed by atoms with van der Waals surface area (Å²) in [5, 5.41) is 29.6. The molecule has 1 unspecified atom stereocenters. The van der Waals surface area contributed by atoms with Gasteiger partial charge in [-0.05, 0) is 30.8 Å².